The molecule has 0 saturated carbocycles. The molecule has 0 aromatic heterocycles. The zero-order chi connectivity index (χ0) is 67.5. The minimum atomic E-state index is -1.98. The molecule has 0 aromatic carbocycles. The normalized spacial score (nSPS) is 28.0. The van der Waals surface area contributed by atoms with E-state index in [2.05, 4.69) is 104 Å². The molecule has 3 fully saturated rings. The van der Waals surface area contributed by atoms with Gasteiger partial charge in [-0.2, -0.15) is 0 Å². The highest BCUT2D eigenvalue weighted by atomic mass is 16.8. The first-order valence-electron chi connectivity index (χ1n) is 36.3. The number of amides is 1. The van der Waals surface area contributed by atoms with Crippen LogP contribution in [-0.4, -0.2) is 193 Å². The van der Waals surface area contributed by atoms with Crippen molar-refractivity contribution in [1.29, 1.82) is 0 Å². The average Bonchev–Trinajstić information content (AvgIpc) is 1.00. The molecule has 17 unspecified atom stereocenters. The first kappa shape index (κ1) is 84.2. The molecule has 1 amide bonds. The Hall–Kier alpha value is -3.03. The van der Waals surface area contributed by atoms with Crippen LogP contribution in [-0.2, 0) is 33.2 Å². The quantitative estimate of drug-likeness (QED) is 0.0199. The van der Waals surface area contributed by atoms with E-state index in [-0.39, 0.29) is 18.9 Å². The fourth-order valence-electron chi connectivity index (χ4n) is 11.9. The highest BCUT2D eigenvalue weighted by Gasteiger charge is 2.53. The van der Waals surface area contributed by atoms with Gasteiger partial charge in [-0.05, 0) is 70.6 Å². The van der Waals surface area contributed by atoms with Crippen LogP contribution >= 0.6 is 0 Å². The van der Waals surface area contributed by atoms with Gasteiger partial charge in [0.15, 0.2) is 18.9 Å². The van der Waals surface area contributed by atoms with Crippen molar-refractivity contribution in [2.75, 3.05) is 26.4 Å². The van der Waals surface area contributed by atoms with E-state index < -0.39 is 124 Å². The molecule has 0 aliphatic carbocycles. The van der Waals surface area contributed by atoms with Gasteiger partial charge in [0.05, 0.1) is 38.6 Å². The predicted molar refractivity (Wildman–Crippen MR) is 364 cm³/mol. The van der Waals surface area contributed by atoms with Crippen LogP contribution in [0, 0.1) is 0 Å². The van der Waals surface area contributed by atoms with Crippen LogP contribution in [0.5, 0.6) is 0 Å². The monoisotopic (exact) mass is 1320 g/mol. The molecular formula is C74H129NO18. The van der Waals surface area contributed by atoms with Crippen molar-refractivity contribution in [2.24, 2.45) is 0 Å². The Morgan fingerprint density at radius 3 is 1.16 bits per heavy atom. The van der Waals surface area contributed by atoms with Gasteiger partial charge < -0.3 is 89.9 Å². The summed E-state index contributed by atoms with van der Waals surface area (Å²) in [5.41, 5.74) is 0. The van der Waals surface area contributed by atoms with Gasteiger partial charge in [-0.1, -0.05) is 253 Å². The summed E-state index contributed by atoms with van der Waals surface area (Å²) in [6.45, 7) is 1.68. The first-order valence-corrected chi connectivity index (χ1v) is 36.3. The molecule has 19 heteroatoms. The summed E-state index contributed by atoms with van der Waals surface area (Å²) in [6, 6.07) is -0.900. The molecule has 93 heavy (non-hydrogen) atoms. The maximum absolute atomic E-state index is 13.5. The summed E-state index contributed by atoms with van der Waals surface area (Å²) in [4.78, 5) is 13.5. The highest BCUT2D eigenvalue weighted by molar-refractivity contribution is 5.76. The number of carbonyl (C=O) groups excluding carboxylic acids is 1. The van der Waals surface area contributed by atoms with Gasteiger partial charge in [0.25, 0.3) is 0 Å². The Bertz CT molecular complexity index is 2010. The van der Waals surface area contributed by atoms with Crippen molar-refractivity contribution in [1.82, 2.24) is 5.32 Å². The fraction of sp³-hybridized carbons (Fsp3) is 0.797. The number of aliphatic hydroxyl groups is 11. The second kappa shape index (κ2) is 54.9. The Balaban J connectivity index is 1.42. The van der Waals surface area contributed by atoms with Crippen molar-refractivity contribution in [2.45, 2.75) is 349 Å². The lowest BCUT2D eigenvalue weighted by Crippen LogP contribution is -2.66. The number of allylic oxidation sites excluding steroid dienone is 14. The number of rotatable bonds is 55. The molecule has 3 heterocycles. The van der Waals surface area contributed by atoms with Gasteiger partial charge in [0, 0.05) is 6.42 Å². The summed E-state index contributed by atoms with van der Waals surface area (Å²) in [6.07, 6.45) is 43.6. The molecule has 538 valence electrons. The minimum Gasteiger partial charge on any atom is -0.394 e. The zero-order valence-electron chi connectivity index (χ0n) is 57.0. The molecule has 0 spiro atoms. The number of nitrogens with one attached hydrogen (secondary N) is 1. The third-order valence-corrected chi connectivity index (χ3v) is 17.7. The van der Waals surface area contributed by atoms with Crippen molar-refractivity contribution < 1.29 is 89.4 Å². The molecule has 19 nitrogen and oxygen atoms in total. The van der Waals surface area contributed by atoms with Crippen LogP contribution in [0.2, 0.25) is 0 Å². The standard InChI is InChI=1S/C74H129NO18/c1-3-5-7-9-11-13-15-17-19-21-23-24-25-26-27-28-29-30-31-32-34-36-38-40-42-44-46-48-50-52-62(80)75-57(58(79)51-49-47-45-43-41-39-37-35-33-22-20-18-16-14-12-10-8-6-4-2)56-88-72-68(86)65(83)70(60(54-77)90-72)93-74-69(87)66(84)71(61(55-78)91-74)92-73-67(85)64(82)63(81)59(53-76)89-73/h5,7,11,13,17,19,23-24,26-27,29-30,32,34,57-61,63-74,76-79,81-87H,3-4,6,8-10,12,14-16,18,20-22,25,28,31,33,35-56H2,1-2H3,(H,75,80)/b7-5-,13-11-,19-17-,24-23-,27-26-,30-29-,34-32-. The van der Waals surface area contributed by atoms with Gasteiger partial charge in [-0.3, -0.25) is 4.79 Å². The van der Waals surface area contributed by atoms with Crippen LogP contribution in [0.3, 0.4) is 0 Å². The molecule has 3 rings (SSSR count). The third-order valence-electron chi connectivity index (χ3n) is 17.7. The molecule has 0 radical (unpaired) electrons. The first-order chi connectivity index (χ1) is 45.3. The summed E-state index contributed by atoms with van der Waals surface area (Å²) < 4.78 is 34.4. The van der Waals surface area contributed by atoms with Gasteiger partial charge in [0.1, 0.15) is 73.2 Å². The Labute approximate surface area is 559 Å². The minimum absolute atomic E-state index is 0.248. The van der Waals surface area contributed by atoms with Gasteiger partial charge in [-0.25, -0.2) is 0 Å². The Kier molecular flexibility index (Phi) is 49.7. The molecular weight excluding hydrogens is 1190 g/mol. The summed E-state index contributed by atoms with van der Waals surface area (Å²) >= 11 is 0. The van der Waals surface area contributed by atoms with E-state index in [0.29, 0.717) is 12.8 Å². The predicted octanol–water partition coefficient (Wildman–Crippen LogP) is 10.3. The Morgan fingerprint density at radius 1 is 0.398 bits per heavy atom. The van der Waals surface area contributed by atoms with Crippen molar-refractivity contribution >= 4 is 5.91 Å². The number of unbranched alkanes of at least 4 members (excludes halogenated alkanes) is 25. The molecule has 3 aliphatic rings. The fourth-order valence-corrected chi connectivity index (χ4v) is 11.9. The van der Waals surface area contributed by atoms with E-state index in [1.807, 2.05) is 0 Å². The number of carbonyl (C=O) groups is 1. The van der Waals surface area contributed by atoms with Crippen molar-refractivity contribution in [3.05, 3.63) is 85.1 Å². The molecule has 0 bridgehead atoms. The number of hydrogen-bond donors (Lipinski definition) is 12. The van der Waals surface area contributed by atoms with Crippen LogP contribution in [0.25, 0.3) is 0 Å². The van der Waals surface area contributed by atoms with E-state index in [9.17, 15) is 61.0 Å². The maximum atomic E-state index is 13.5. The van der Waals surface area contributed by atoms with Crippen LogP contribution in [0.1, 0.15) is 245 Å². The van der Waals surface area contributed by atoms with Crippen LogP contribution < -0.4 is 5.32 Å². The lowest BCUT2D eigenvalue weighted by Gasteiger charge is -2.48. The highest BCUT2D eigenvalue weighted by Crippen LogP contribution is 2.33. The third kappa shape index (κ3) is 36.4. The SMILES string of the molecule is CC/C=C\C/C=C\C/C=C\C/C=C\C/C=C\C/C=C\C/C=C\CCCCCCCCCC(=O)NC(COC1OC(CO)C(OC2OC(CO)C(OC3OC(CO)C(O)C(O)C3O)C(O)C2O)C(O)C1O)C(O)CCCCCCCCCCCCCCCCCCCCC. The maximum Gasteiger partial charge on any atom is 0.220 e. The number of hydrogen-bond acceptors (Lipinski definition) is 18. The average molecular weight is 1320 g/mol. The van der Waals surface area contributed by atoms with Crippen LogP contribution in [0.15, 0.2) is 85.1 Å². The summed E-state index contributed by atoms with van der Waals surface area (Å²) in [7, 11) is 0. The smallest absolute Gasteiger partial charge is 0.220 e. The molecule has 12 N–H and O–H groups in total. The molecule has 3 saturated heterocycles. The number of aliphatic hydroxyl groups excluding tert-OH is 11. The summed E-state index contributed by atoms with van der Waals surface area (Å²) in [5, 5.41) is 121. The largest absolute Gasteiger partial charge is 0.394 e. The summed E-state index contributed by atoms with van der Waals surface area (Å²) in [5.74, 6) is -0.256. The molecule has 0 aromatic rings. The second-order valence-electron chi connectivity index (χ2n) is 25.7. The molecule has 17 atom stereocenters. The lowest BCUT2D eigenvalue weighted by molar-refractivity contribution is -0.379. The van der Waals surface area contributed by atoms with Crippen molar-refractivity contribution in [3.8, 4) is 0 Å². The topological polar surface area (TPSA) is 307 Å². The lowest BCUT2D eigenvalue weighted by atomic mass is 9.96. The van der Waals surface area contributed by atoms with E-state index in [1.165, 1.54) is 96.3 Å². The van der Waals surface area contributed by atoms with Gasteiger partial charge in [-0.15, -0.1) is 0 Å². The van der Waals surface area contributed by atoms with Gasteiger partial charge >= 0.3 is 0 Å². The van der Waals surface area contributed by atoms with E-state index >= 15 is 0 Å². The van der Waals surface area contributed by atoms with Crippen LogP contribution in [0.4, 0.5) is 0 Å². The van der Waals surface area contributed by atoms with Crippen molar-refractivity contribution in [3.63, 3.8) is 0 Å². The zero-order valence-corrected chi connectivity index (χ0v) is 57.0. The number of ether oxygens (including phenoxy) is 6. The second-order valence-corrected chi connectivity index (χ2v) is 25.7. The molecule has 3 aliphatic heterocycles. The Morgan fingerprint density at radius 2 is 0.742 bits per heavy atom. The van der Waals surface area contributed by atoms with E-state index in [4.69, 9.17) is 28.4 Å². The van der Waals surface area contributed by atoms with E-state index in [0.717, 1.165) is 116 Å². The van der Waals surface area contributed by atoms with Gasteiger partial charge in [0.2, 0.25) is 5.91 Å². The van der Waals surface area contributed by atoms with E-state index in [1.54, 1.807) is 0 Å².